The van der Waals surface area contributed by atoms with Crippen LogP contribution in [0.3, 0.4) is 0 Å². The predicted octanol–water partition coefficient (Wildman–Crippen LogP) is 3.90. The number of aryl methyl sites for hydroxylation is 1. The van der Waals surface area contributed by atoms with Gasteiger partial charge in [-0.25, -0.2) is 0 Å². The van der Waals surface area contributed by atoms with E-state index in [2.05, 4.69) is 31.2 Å². The molecule has 1 aromatic rings. The summed E-state index contributed by atoms with van der Waals surface area (Å²) in [6, 6.07) is 8.48. The Balaban J connectivity index is 2.82. The molecule has 1 heteroatoms. The largest absolute Gasteiger partial charge is 0.299 e. The van der Waals surface area contributed by atoms with E-state index in [1.165, 1.54) is 18.4 Å². The van der Waals surface area contributed by atoms with Crippen LogP contribution in [0.1, 0.15) is 51.7 Å². The lowest BCUT2D eigenvalue weighted by molar-refractivity contribution is -0.121. The summed E-state index contributed by atoms with van der Waals surface area (Å²) in [5.74, 6) is 0.216. The van der Waals surface area contributed by atoms with Gasteiger partial charge in [0.15, 0.2) is 0 Å². The maximum Gasteiger partial charge on any atom is 0.139 e. The minimum Gasteiger partial charge on any atom is -0.299 e. The van der Waals surface area contributed by atoms with Crippen molar-refractivity contribution in [1.82, 2.24) is 0 Å². The molecule has 0 unspecified atom stereocenters. The Bertz CT molecular complexity index is 346. The number of unbranched alkanes of at least 4 members (excludes halogenated alkanes) is 1. The van der Waals surface area contributed by atoms with Crippen LogP contribution in [0.25, 0.3) is 0 Å². The molecule has 1 aromatic carbocycles. The van der Waals surface area contributed by atoms with Gasteiger partial charge in [0.25, 0.3) is 0 Å². The van der Waals surface area contributed by atoms with E-state index in [0.29, 0.717) is 0 Å². The lowest BCUT2D eigenvalue weighted by atomic mass is 9.81. The molecule has 0 aromatic heterocycles. The van der Waals surface area contributed by atoms with E-state index in [-0.39, 0.29) is 11.2 Å². The molecule has 1 rings (SSSR count). The Morgan fingerprint density at radius 1 is 1.19 bits per heavy atom. The van der Waals surface area contributed by atoms with Gasteiger partial charge in [-0.05, 0) is 44.7 Å². The quantitative estimate of drug-likeness (QED) is 0.732. The van der Waals surface area contributed by atoms with E-state index in [1.807, 2.05) is 13.8 Å². The van der Waals surface area contributed by atoms with Gasteiger partial charge in [-0.3, -0.25) is 4.79 Å². The first-order valence-corrected chi connectivity index (χ1v) is 6.09. The van der Waals surface area contributed by atoms with Crippen LogP contribution < -0.4 is 0 Å². The SMILES string of the molecule is CCCCc1ccc(C(C)(C)C(C)=O)cc1. The minimum absolute atomic E-state index is 0.216. The maximum absolute atomic E-state index is 11.5. The maximum atomic E-state index is 11.5. The predicted molar refractivity (Wildman–Crippen MR) is 68.8 cm³/mol. The molecule has 0 aliphatic rings. The van der Waals surface area contributed by atoms with Crippen LogP contribution in [-0.4, -0.2) is 5.78 Å². The molecule has 1 nitrogen and oxygen atoms in total. The number of rotatable bonds is 5. The number of ketones is 1. The topological polar surface area (TPSA) is 17.1 Å². The molecular formula is C15H22O. The zero-order chi connectivity index (χ0) is 12.2. The summed E-state index contributed by atoms with van der Waals surface area (Å²) in [7, 11) is 0. The highest BCUT2D eigenvalue weighted by Gasteiger charge is 2.25. The number of carbonyl (C=O) groups is 1. The standard InChI is InChI=1S/C15H22O/c1-5-6-7-13-8-10-14(11-9-13)15(3,4)12(2)16/h8-11H,5-7H2,1-4H3. The lowest BCUT2D eigenvalue weighted by Gasteiger charge is -2.21. The summed E-state index contributed by atoms with van der Waals surface area (Å²) in [6.07, 6.45) is 3.59. The van der Waals surface area contributed by atoms with Crippen molar-refractivity contribution in [3.8, 4) is 0 Å². The summed E-state index contributed by atoms with van der Waals surface area (Å²) >= 11 is 0. The molecule has 0 bridgehead atoms. The van der Waals surface area contributed by atoms with Gasteiger partial charge in [-0.2, -0.15) is 0 Å². The highest BCUT2D eigenvalue weighted by Crippen LogP contribution is 2.24. The molecule has 0 fully saturated rings. The summed E-state index contributed by atoms with van der Waals surface area (Å²) in [4.78, 5) is 11.5. The van der Waals surface area contributed by atoms with E-state index in [4.69, 9.17) is 0 Å². The molecule has 0 aliphatic carbocycles. The van der Waals surface area contributed by atoms with Crippen molar-refractivity contribution in [1.29, 1.82) is 0 Å². The molecule has 0 saturated heterocycles. The third-order valence-electron chi connectivity index (χ3n) is 3.37. The number of benzene rings is 1. The summed E-state index contributed by atoms with van der Waals surface area (Å²) in [5.41, 5.74) is 2.12. The zero-order valence-corrected chi connectivity index (χ0v) is 10.8. The summed E-state index contributed by atoms with van der Waals surface area (Å²) in [5, 5.41) is 0. The van der Waals surface area contributed by atoms with E-state index < -0.39 is 0 Å². The van der Waals surface area contributed by atoms with Gasteiger partial charge >= 0.3 is 0 Å². The Kier molecular flexibility index (Phi) is 4.28. The average Bonchev–Trinajstić information content (AvgIpc) is 2.26. The molecule has 0 atom stereocenters. The van der Waals surface area contributed by atoms with Gasteiger partial charge in [-0.1, -0.05) is 37.6 Å². The molecule has 0 aliphatic heterocycles. The molecule has 0 amide bonds. The molecule has 88 valence electrons. The van der Waals surface area contributed by atoms with Crippen molar-refractivity contribution in [3.63, 3.8) is 0 Å². The zero-order valence-electron chi connectivity index (χ0n) is 10.8. The van der Waals surface area contributed by atoms with Crippen molar-refractivity contribution in [2.45, 2.75) is 52.4 Å². The molecule has 0 spiro atoms. The Labute approximate surface area is 98.9 Å². The van der Waals surface area contributed by atoms with Gasteiger partial charge in [0.1, 0.15) is 5.78 Å². The van der Waals surface area contributed by atoms with Gasteiger partial charge < -0.3 is 0 Å². The molecule has 0 N–H and O–H groups in total. The second-order valence-corrected chi connectivity index (χ2v) is 4.98. The van der Waals surface area contributed by atoms with Crippen LogP contribution in [0.4, 0.5) is 0 Å². The van der Waals surface area contributed by atoms with Crippen LogP contribution in [0.5, 0.6) is 0 Å². The normalized spacial score (nSPS) is 11.5. The fourth-order valence-corrected chi connectivity index (χ4v) is 1.67. The van der Waals surface area contributed by atoms with Crippen LogP contribution >= 0.6 is 0 Å². The number of hydrogen-bond donors (Lipinski definition) is 0. The van der Waals surface area contributed by atoms with E-state index in [9.17, 15) is 4.79 Å². The molecule has 0 saturated carbocycles. The third kappa shape index (κ3) is 2.94. The second kappa shape index (κ2) is 5.29. The Morgan fingerprint density at radius 2 is 1.75 bits per heavy atom. The van der Waals surface area contributed by atoms with Crippen LogP contribution in [0.15, 0.2) is 24.3 Å². The van der Waals surface area contributed by atoms with E-state index in [1.54, 1.807) is 6.92 Å². The molecular weight excluding hydrogens is 196 g/mol. The highest BCUT2D eigenvalue weighted by molar-refractivity contribution is 5.87. The first-order valence-electron chi connectivity index (χ1n) is 6.09. The van der Waals surface area contributed by atoms with Crippen LogP contribution in [0, 0.1) is 0 Å². The fraction of sp³-hybridized carbons (Fsp3) is 0.533. The Hall–Kier alpha value is -1.11. The first kappa shape index (κ1) is 13.0. The number of carbonyl (C=O) groups excluding carboxylic acids is 1. The highest BCUT2D eigenvalue weighted by atomic mass is 16.1. The minimum atomic E-state index is -0.358. The smallest absolute Gasteiger partial charge is 0.139 e. The van der Waals surface area contributed by atoms with Crippen molar-refractivity contribution in [3.05, 3.63) is 35.4 Å². The van der Waals surface area contributed by atoms with Crippen molar-refractivity contribution >= 4 is 5.78 Å². The number of Topliss-reactive ketones (excluding diaryl/α,β-unsaturated/α-hetero) is 1. The van der Waals surface area contributed by atoms with E-state index >= 15 is 0 Å². The van der Waals surface area contributed by atoms with Gasteiger partial charge in [0.05, 0.1) is 0 Å². The Morgan fingerprint density at radius 3 is 2.19 bits per heavy atom. The van der Waals surface area contributed by atoms with Crippen molar-refractivity contribution in [2.24, 2.45) is 0 Å². The monoisotopic (exact) mass is 218 g/mol. The van der Waals surface area contributed by atoms with E-state index in [0.717, 1.165) is 12.0 Å². The fourth-order valence-electron chi connectivity index (χ4n) is 1.67. The van der Waals surface area contributed by atoms with Crippen LogP contribution in [0.2, 0.25) is 0 Å². The molecule has 16 heavy (non-hydrogen) atoms. The molecule has 0 radical (unpaired) electrons. The lowest BCUT2D eigenvalue weighted by Crippen LogP contribution is -2.26. The van der Waals surface area contributed by atoms with Gasteiger partial charge in [0.2, 0.25) is 0 Å². The average molecular weight is 218 g/mol. The third-order valence-corrected chi connectivity index (χ3v) is 3.37. The van der Waals surface area contributed by atoms with Gasteiger partial charge in [-0.15, -0.1) is 0 Å². The second-order valence-electron chi connectivity index (χ2n) is 4.98. The van der Waals surface area contributed by atoms with Crippen LogP contribution in [-0.2, 0) is 16.6 Å². The first-order chi connectivity index (χ1) is 7.48. The number of hydrogen-bond acceptors (Lipinski definition) is 1. The van der Waals surface area contributed by atoms with Crippen molar-refractivity contribution in [2.75, 3.05) is 0 Å². The molecule has 0 heterocycles. The van der Waals surface area contributed by atoms with Gasteiger partial charge in [0, 0.05) is 5.41 Å². The summed E-state index contributed by atoms with van der Waals surface area (Å²) < 4.78 is 0. The summed E-state index contributed by atoms with van der Waals surface area (Å²) in [6.45, 7) is 7.82. The van der Waals surface area contributed by atoms with Crippen molar-refractivity contribution < 1.29 is 4.79 Å².